The number of hydrogen-bond donors (Lipinski definition) is 1. The average Bonchev–Trinajstić information content (AvgIpc) is 2.76. The number of carbonyl (C=O) groups is 1. The monoisotopic (exact) mass is 438 g/mol. The van der Waals surface area contributed by atoms with Crippen molar-refractivity contribution in [2.75, 3.05) is 26.2 Å². The Kier molecular flexibility index (Phi) is 25.2. The van der Waals surface area contributed by atoms with Gasteiger partial charge in [-0.3, -0.25) is 4.79 Å². The fraction of sp³-hybridized carbons (Fsp3) is 0.964. The quantitative estimate of drug-likeness (QED) is 0.145. The van der Waals surface area contributed by atoms with Gasteiger partial charge in [-0.25, -0.2) is 0 Å². The van der Waals surface area contributed by atoms with E-state index in [1.807, 2.05) is 4.90 Å². The molecular weight excluding hydrogens is 380 g/mol. The van der Waals surface area contributed by atoms with Crippen molar-refractivity contribution in [3.05, 3.63) is 0 Å². The van der Waals surface area contributed by atoms with E-state index >= 15 is 0 Å². The highest BCUT2D eigenvalue weighted by atomic mass is 16.2. The molecule has 0 aromatic heterocycles. The smallest absolute Gasteiger partial charge is 0.219 e. The van der Waals surface area contributed by atoms with E-state index in [1.54, 1.807) is 6.92 Å². The molecule has 3 nitrogen and oxygen atoms in total. The van der Waals surface area contributed by atoms with Crippen LogP contribution in [0.5, 0.6) is 0 Å². The van der Waals surface area contributed by atoms with Gasteiger partial charge in [-0.2, -0.15) is 0 Å². The van der Waals surface area contributed by atoms with Crippen LogP contribution in [0.25, 0.3) is 0 Å². The molecule has 186 valence electrons. The first kappa shape index (κ1) is 30.4. The Morgan fingerprint density at radius 3 is 1.32 bits per heavy atom. The van der Waals surface area contributed by atoms with Crippen LogP contribution in [-0.4, -0.2) is 37.0 Å². The Labute approximate surface area is 196 Å². The van der Waals surface area contributed by atoms with Crippen LogP contribution in [0.2, 0.25) is 0 Å². The van der Waals surface area contributed by atoms with Crippen LogP contribution >= 0.6 is 0 Å². The van der Waals surface area contributed by atoms with E-state index in [1.165, 1.54) is 122 Å². The SMILES string of the molecule is CCCCCCCCCCCCNCCN(CCCCCCCCCCCC)C(C)=O. The van der Waals surface area contributed by atoms with Crippen LogP contribution in [0.3, 0.4) is 0 Å². The third-order valence-corrected chi connectivity index (χ3v) is 6.49. The molecule has 0 heterocycles. The van der Waals surface area contributed by atoms with Crippen LogP contribution in [0.15, 0.2) is 0 Å². The van der Waals surface area contributed by atoms with Crippen molar-refractivity contribution >= 4 is 5.91 Å². The third-order valence-electron chi connectivity index (χ3n) is 6.49. The zero-order chi connectivity index (χ0) is 22.8. The van der Waals surface area contributed by atoms with Crippen molar-refractivity contribution in [1.82, 2.24) is 10.2 Å². The maximum atomic E-state index is 11.9. The lowest BCUT2D eigenvalue weighted by molar-refractivity contribution is -0.128. The van der Waals surface area contributed by atoms with Crippen LogP contribution in [-0.2, 0) is 4.79 Å². The Balaban J connectivity index is 3.42. The fourth-order valence-corrected chi connectivity index (χ4v) is 4.29. The molecule has 0 aliphatic rings. The van der Waals surface area contributed by atoms with Gasteiger partial charge >= 0.3 is 0 Å². The second-order valence-corrected chi connectivity index (χ2v) is 9.62. The van der Waals surface area contributed by atoms with E-state index in [2.05, 4.69) is 19.2 Å². The number of nitrogens with one attached hydrogen (secondary N) is 1. The number of amides is 1. The summed E-state index contributed by atoms with van der Waals surface area (Å²) in [5.74, 6) is 0.233. The molecule has 0 aliphatic carbocycles. The molecule has 0 saturated carbocycles. The largest absolute Gasteiger partial charge is 0.342 e. The van der Waals surface area contributed by atoms with Crippen molar-refractivity contribution in [2.45, 2.75) is 149 Å². The molecule has 0 fully saturated rings. The number of nitrogens with zero attached hydrogens (tertiary/aromatic N) is 1. The lowest BCUT2D eigenvalue weighted by atomic mass is 10.1. The first-order valence-corrected chi connectivity index (χ1v) is 14.2. The van der Waals surface area contributed by atoms with Gasteiger partial charge in [0.1, 0.15) is 0 Å². The van der Waals surface area contributed by atoms with Crippen molar-refractivity contribution < 1.29 is 4.79 Å². The highest BCUT2D eigenvalue weighted by molar-refractivity contribution is 5.73. The van der Waals surface area contributed by atoms with Gasteiger partial charge in [-0.05, 0) is 19.4 Å². The summed E-state index contributed by atoms with van der Waals surface area (Å²) >= 11 is 0. The van der Waals surface area contributed by atoms with Gasteiger partial charge < -0.3 is 10.2 Å². The molecule has 0 unspecified atom stereocenters. The number of carbonyl (C=O) groups excluding carboxylic acids is 1. The first-order chi connectivity index (χ1) is 15.2. The zero-order valence-corrected chi connectivity index (χ0v) is 21.8. The van der Waals surface area contributed by atoms with E-state index < -0.39 is 0 Å². The van der Waals surface area contributed by atoms with E-state index in [-0.39, 0.29) is 5.91 Å². The summed E-state index contributed by atoms with van der Waals surface area (Å²) < 4.78 is 0. The topological polar surface area (TPSA) is 32.3 Å². The molecule has 0 radical (unpaired) electrons. The van der Waals surface area contributed by atoms with Crippen molar-refractivity contribution in [3.63, 3.8) is 0 Å². The first-order valence-electron chi connectivity index (χ1n) is 14.2. The van der Waals surface area contributed by atoms with Gasteiger partial charge in [-0.1, -0.05) is 129 Å². The van der Waals surface area contributed by atoms with Gasteiger partial charge in [0.05, 0.1) is 0 Å². The molecule has 0 spiro atoms. The summed E-state index contributed by atoms with van der Waals surface area (Å²) in [4.78, 5) is 13.9. The van der Waals surface area contributed by atoms with Crippen molar-refractivity contribution in [2.24, 2.45) is 0 Å². The number of rotatable bonds is 25. The normalized spacial score (nSPS) is 11.2. The summed E-state index contributed by atoms with van der Waals surface area (Å²) in [5.41, 5.74) is 0. The molecule has 0 saturated heterocycles. The van der Waals surface area contributed by atoms with Crippen LogP contribution in [0, 0.1) is 0 Å². The predicted octanol–water partition coefficient (Wildman–Crippen LogP) is 8.27. The minimum Gasteiger partial charge on any atom is -0.342 e. The van der Waals surface area contributed by atoms with Gasteiger partial charge in [-0.15, -0.1) is 0 Å². The van der Waals surface area contributed by atoms with E-state index in [0.717, 1.165) is 32.6 Å². The maximum Gasteiger partial charge on any atom is 0.219 e. The third kappa shape index (κ3) is 23.9. The van der Waals surface area contributed by atoms with Crippen molar-refractivity contribution in [3.8, 4) is 0 Å². The molecule has 0 rings (SSSR count). The van der Waals surface area contributed by atoms with Crippen LogP contribution < -0.4 is 5.32 Å². The Morgan fingerprint density at radius 1 is 0.516 bits per heavy atom. The summed E-state index contributed by atoms with van der Waals surface area (Å²) in [6.45, 7) is 10.1. The maximum absolute atomic E-state index is 11.9. The summed E-state index contributed by atoms with van der Waals surface area (Å²) in [5, 5.41) is 3.54. The summed E-state index contributed by atoms with van der Waals surface area (Å²) in [6.07, 6.45) is 27.4. The zero-order valence-electron chi connectivity index (χ0n) is 21.8. The summed E-state index contributed by atoms with van der Waals surface area (Å²) in [7, 11) is 0. The van der Waals surface area contributed by atoms with E-state index in [0.29, 0.717) is 0 Å². The molecule has 0 aromatic carbocycles. The second kappa shape index (κ2) is 25.7. The molecule has 1 N–H and O–H groups in total. The van der Waals surface area contributed by atoms with Gasteiger partial charge in [0.25, 0.3) is 0 Å². The predicted molar refractivity (Wildman–Crippen MR) is 139 cm³/mol. The van der Waals surface area contributed by atoms with Crippen LogP contribution in [0.1, 0.15) is 149 Å². The molecular formula is C28H58N2O. The Bertz CT molecular complexity index is 359. The summed E-state index contributed by atoms with van der Waals surface area (Å²) in [6, 6.07) is 0. The fourth-order valence-electron chi connectivity index (χ4n) is 4.29. The Hall–Kier alpha value is -0.570. The van der Waals surface area contributed by atoms with Gasteiger partial charge in [0.2, 0.25) is 5.91 Å². The van der Waals surface area contributed by atoms with Gasteiger partial charge in [0, 0.05) is 26.6 Å². The van der Waals surface area contributed by atoms with Crippen molar-refractivity contribution in [1.29, 1.82) is 0 Å². The molecule has 0 atom stereocenters. The standard InChI is InChI=1S/C28H58N2O/c1-4-6-8-10-12-14-16-18-20-22-24-29-25-27-30(28(3)31)26-23-21-19-17-15-13-11-9-7-5-2/h29H,4-27H2,1-3H3. The molecule has 0 aromatic rings. The van der Waals surface area contributed by atoms with E-state index in [9.17, 15) is 4.79 Å². The highest BCUT2D eigenvalue weighted by Gasteiger charge is 2.07. The highest BCUT2D eigenvalue weighted by Crippen LogP contribution is 2.11. The molecule has 3 heteroatoms. The molecule has 31 heavy (non-hydrogen) atoms. The van der Waals surface area contributed by atoms with E-state index in [4.69, 9.17) is 0 Å². The molecule has 1 amide bonds. The van der Waals surface area contributed by atoms with Crippen LogP contribution in [0.4, 0.5) is 0 Å². The number of unbranched alkanes of at least 4 members (excludes halogenated alkanes) is 18. The molecule has 0 bridgehead atoms. The number of hydrogen-bond acceptors (Lipinski definition) is 2. The minimum atomic E-state index is 0.233. The lowest BCUT2D eigenvalue weighted by Gasteiger charge is -2.21. The minimum absolute atomic E-state index is 0.233. The second-order valence-electron chi connectivity index (χ2n) is 9.62. The Morgan fingerprint density at radius 2 is 0.903 bits per heavy atom. The lowest BCUT2D eigenvalue weighted by Crippen LogP contribution is -2.36. The molecule has 0 aliphatic heterocycles. The van der Waals surface area contributed by atoms with Gasteiger partial charge in [0.15, 0.2) is 0 Å². The average molecular weight is 439 g/mol.